The minimum Gasteiger partial charge on any atom is -0.502 e. The molecule has 0 aliphatic carbocycles. The Kier molecular flexibility index (Phi) is 5.62. The van der Waals surface area contributed by atoms with Crippen LogP contribution in [-0.4, -0.2) is 31.6 Å². The monoisotopic (exact) mass is 329 g/mol. The molecule has 0 heterocycles. The van der Waals surface area contributed by atoms with Gasteiger partial charge in [-0.1, -0.05) is 18.2 Å². The van der Waals surface area contributed by atoms with Crippen molar-refractivity contribution < 1.29 is 19.4 Å². The van der Waals surface area contributed by atoms with Crippen LogP contribution in [0.2, 0.25) is 0 Å². The first-order valence-corrected chi connectivity index (χ1v) is 7.16. The first-order chi connectivity index (χ1) is 11.5. The number of aryl methyl sites for hydroxylation is 1. The lowest BCUT2D eigenvalue weighted by Crippen LogP contribution is -2.24. The number of ether oxygens (including phenoxy) is 2. The van der Waals surface area contributed by atoms with Crippen molar-refractivity contribution in [2.24, 2.45) is 5.10 Å². The van der Waals surface area contributed by atoms with Crippen molar-refractivity contribution >= 4 is 17.9 Å². The molecule has 0 aliphatic rings. The molecule has 2 aromatic rings. The van der Waals surface area contributed by atoms with Gasteiger partial charge in [-0.2, -0.15) is 5.10 Å². The Bertz CT molecular complexity index is 734. The van der Waals surface area contributed by atoms with Crippen LogP contribution in [0.5, 0.6) is 17.2 Å². The number of nitrogens with zero attached hydrogens (tertiary/aromatic N) is 1. The van der Waals surface area contributed by atoms with Gasteiger partial charge in [0.15, 0.2) is 11.5 Å². The van der Waals surface area contributed by atoms with Gasteiger partial charge in [0, 0.05) is 11.3 Å². The number of methoxy groups -OCH3 is 2. The minimum absolute atomic E-state index is 0.0950. The van der Waals surface area contributed by atoms with E-state index in [0.717, 1.165) is 5.56 Å². The molecule has 7 nitrogen and oxygen atoms in total. The molecule has 0 radical (unpaired) electrons. The highest BCUT2D eigenvalue weighted by atomic mass is 16.5. The van der Waals surface area contributed by atoms with Gasteiger partial charge in [-0.05, 0) is 30.7 Å². The number of para-hydroxylation sites is 1. The summed E-state index contributed by atoms with van der Waals surface area (Å²) in [5, 5.41) is 16.4. The number of rotatable bonds is 5. The number of carbonyl (C=O) groups excluding carboxylic acids is 1. The number of hydrogen-bond donors (Lipinski definition) is 3. The Labute approximate surface area is 139 Å². The summed E-state index contributed by atoms with van der Waals surface area (Å²) in [5.74, 6) is 0.405. The van der Waals surface area contributed by atoms with E-state index in [1.54, 1.807) is 18.2 Å². The second-order valence-electron chi connectivity index (χ2n) is 4.91. The molecule has 0 aromatic heterocycles. The fraction of sp³-hybridized carbons (Fsp3) is 0.176. The topological polar surface area (TPSA) is 92.2 Å². The number of carbonyl (C=O) groups is 1. The van der Waals surface area contributed by atoms with Crippen molar-refractivity contribution in [3.05, 3.63) is 47.5 Å². The number of phenolic OH excluding ortho intramolecular Hbond substituents is 1. The van der Waals surface area contributed by atoms with Crippen molar-refractivity contribution in [2.45, 2.75) is 6.92 Å². The zero-order valence-electron chi connectivity index (χ0n) is 13.7. The molecule has 24 heavy (non-hydrogen) atoms. The molecule has 0 saturated carbocycles. The zero-order chi connectivity index (χ0) is 17.5. The Morgan fingerprint density at radius 1 is 1.17 bits per heavy atom. The fourth-order valence-corrected chi connectivity index (χ4v) is 2.02. The maximum Gasteiger partial charge on any atom is 0.339 e. The van der Waals surface area contributed by atoms with Gasteiger partial charge < -0.3 is 19.9 Å². The highest BCUT2D eigenvalue weighted by Gasteiger charge is 2.10. The third-order valence-corrected chi connectivity index (χ3v) is 3.28. The molecular formula is C17H19N3O4. The quantitative estimate of drug-likeness (QED) is 0.581. The van der Waals surface area contributed by atoms with Gasteiger partial charge in [0.1, 0.15) is 0 Å². The Hall–Kier alpha value is -3.22. The average Bonchev–Trinajstić information content (AvgIpc) is 2.58. The van der Waals surface area contributed by atoms with E-state index >= 15 is 0 Å². The molecule has 2 amide bonds. The number of amides is 2. The van der Waals surface area contributed by atoms with Crippen LogP contribution in [0.3, 0.4) is 0 Å². The summed E-state index contributed by atoms with van der Waals surface area (Å²) in [7, 11) is 2.87. The van der Waals surface area contributed by atoms with Crippen LogP contribution in [0.25, 0.3) is 0 Å². The minimum atomic E-state index is -0.460. The van der Waals surface area contributed by atoms with Crippen LogP contribution in [0.1, 0.15) is 11.1 Å². The average molecular weight is 329 g/mol. The highest BCUT2D eigenvalue weighted by molar-refractivity contribution is 5.91. The molecule has 0 atom stereocenters. The molecule has 3 N–H and O–H groups in total. The lowest BCUT2D eigenvalue weighted by Gasteiger charge is -2.09. The van der Waals surface area contributed by atoms with Crippen LogP contribution in [0.15, 0.2) is 41.5 Å². The van der Waals surface area contributed by atoms with Gasteiger partial charge in [0.05, 0.1) is 20.4 Å². The molecule has 0 unspecified atom stereocenters. The second-order valence-corrected chi connectivity index (χ2v) is 4.91. The van der Waals surface area contributed by atoms with Gasteiger partial charge in [-0.3, -0.25) is 0 Å². The van der Waals surface area contributed by atoms with Crippen molar-refractivity contribution in [3.8, 4) is 17.2 Å². The number of nitrogens with one attached hydrogen (secondary N) is 2. The molecule has 0 aliphatic heterocycles. The van der Waals surface area contributed by atoms with Crippen molar-refractivity contribution in [2.75, 3.05) is 19.5 Å². The summed E-state index contributed by atoms with van der Waals surface area (Å²) in [6, 6.07) is 10.1. The van der Waals surface area contributed by atoms with E-state index < -0.39 is 6.03 Å². The van der Waals surface area contributed by atoms with Crippen molar-refractivity contribution in [1.82, 2.24) is 5.43 Å². The fourth-order valence-electron chi connectivity index (χ4n) is 2.02. The van der Waals surface area contributed by atoms with Crippen LogP contribution >= 0.6 is 0 Å². The number of anilines is 1. The molecular weight excluding hydrogens is 310 g/mol. The van der Waals surface area contributed by atoms with Crippen LogP contribution in [0.4, 0.5) is 10.5 Å². The maximum absolute atomic E-state index is 11.8. The number of phenols is 1. The summed E-state index contributed by atoms with van der Waals surface area (Å²) >= 11 is 0. The number of aromatic hydroxyl groups is 1. The standard InChI is InChI=1S/C17H19N3O4/c1-11-6-4-5-7-13(11)19-17(22)20-18-10-12-8-14(23-2)16(21)15(9-12)24-3/h4-10,21H,1-3H3,(H2,19,20,22). The van der Waals surface area contributed by atoms with Crippen LogP contribution < -0.4 is 20.2 Å². The van der Waals surface area contributed by atoms with Crippen molar-refractivity contribution in [3.63, 3.8) is 0 Å². The SMILES string of the molecule is COc1cc(C=NNC(=O)Nc2ccccc2C)cc(OC)c1O. The Morgan fingerprint density at radius 3 is 2.38 bits per heavy atom. The number of hydrazone groups is 1. The number of urea groups is 1. The van der Waals surface area contributed by atoms with E-state index in [9.17, 15) is 9.90 Å². The summed E-state index contributed by atoms with van der Waals surface area (Å²) in [6.45, 7) is 1.90. The lowest BCUT2D eigenvalue weighted by atomic mass is 10.2. The van der Waals surface area contributed by atoms with Gasteiger partial charge in [-0.15, -0.1) is 0 Å². The predicted molar refractivity (Wildman–Crippen MR) is 92.1 cm³/mol. The number of hydrogen-bond acceptors (Lipinski definition) is 5. The van der Waals surface area contributed by atoms with E-state index in [2.05, 4.69) is 15.8 Å². The Balaban J connectivity index is 2.03. The first-order valence-electron chi connectivity index (χ1n) is 7.16. The molecule has 0 bridgehead atoms. The normalized spacial score (nSPS) is 10.5. The van der Waals surface area contributed by atoms with Gasteiger partial charge in [0.2, 0.25) is 5.75 Å². The van der Waals surface area contributed by atoms with E-state index in [-0.39, 0.29) is 17.2 Å². The third-order valence-electron chi connectivity index (χ3n) is 3.28. The molecule has 126 valence electrons. The third kappa shape index (κ3) is 4.16. The van der Waals surface area contributed by atoms with E-state index in [1.165, 1.54) is 20.4 Å². The van der Waals surface area contributed by atoms with Gasteiger partial charge >= 0.3 is 6.03 Å². The number of benzene rings is 2. The molecule has 2 rings (SSSR count). The molecule has 0 spiro atoms. The van der Waals surface area contributed by atoms with Crippen molar-refractivity contribution in [1.29, 1.82) is 0 Å². The summed E-state index contributed by atoms with van der Waals surface area (Å²) in [5.41, 5.74) is 4.62. The molecule has 0 saturated heterocycles. The molecule has 2 aromatic carbocycles. The largest absolute Gasteiger partial charge is 0.502 e. The summed E-state index contributed by atoms with van der Waals surface area (Å²) in [4.78, 5) is 11.8. The smallest absolute Gasteiger partial charge is 0.339 e. The predicted octanol–water partition coefficient (Wildman–Crippen LogP) is 2.87. The molecule has 7 heteroatoms. The Morgan fingerprint density at radius 2 is 1.79 bits per heavy atom. The van der Waals surface area contributed by atoms with Gasteiger partial charge in [0.25, 0.3) is 0 Å². The second kappa shape index (κ2) is 7.87. The van der Waals surface area contributed by atoms with E-state index in [1.807, 2.05) is 25.1 Å². The lowest BCUT2D eigenvalue weighted by molar-refractivity contribution is 0.252. The zero-order valence-corrected chi connectivity index (χ0v) is 13.7. The molecule has 0 fully saturated rings. The van der Waals surface area contributed by atoms with E-state index in [4.69, 9.17) is 9.47 Å². The maximum atomic E-state index is 11.8. The summed E-state index contributed by atoms with van der Waals surface area (Å²) in [6.07, 6.45) is 1.42. The van der Waals surface area contributed by atoms with Crippen LogP contribution in [0, 0.1) is 6.92 Å². The first kappa shape index (κ1) is 17.1. The highest BCUT2D eigenvalue weighted by Crippen LogP contribution is 2.36. The van der Waals surface area contributed by atoms with Gasteiger partial charge in [-0.25, -0.2) is 10.2 Å². The van der Waals surface area contributed by atoms with E-state index in [0.29, 0.717) is 11.3 Å². The van der Waals surface area contributed by atoms with Crippen LogP contribution in [-0.2, 0) is 0 Å². The summed E-state index contributed by atoms with van der Waals surface area (Å²) < 4.78 is 10.1.